The van der Waals surface area contributed by atoms with Gasteiger partial charge < -0.3 is 28.9 Å². The third-order valence-corrected chi connectivity index (χ3v) is 8.31. The molecule has 3 aromatic rings. The molecular weight excluding hydrogens is 534 g/mol. The minimum absolute atomic E-state index is 0.107. The molecule has 0 bridgehead atoms. The lowest BCUT2D eigenvalue weighted by Gasteiger charge is -2.39. The van der Waals surface area contributed by atoms with Crippen molar-refractivity contribution in [2.24, 2.45) is 0 Å². The first-order valence-electron chi connectivity index (χ1n) is 14.2. The van der Waals surface area contributed by atoms with E-state index in [4.69, 9.17) is 14.2 Å². The van der Waals surface area contributed by atoms with E-state index in [1.165, 1.54) is 49.6 Å². The molecule has 2 atom stereocenters. The maximum atomic E-state index is 14.2. The second-order valence-corrected chi connectivity index (χ2v) is 10.6. The number of amides is 2. The number of nitrogens with zero attached hydrogens (tertiary/aromatic N) is 3. The fraction of sp³-hybridized carbons (Fsp3) is 0.364. The Morgan fingerprint density at radius 1 is 0.762 bits per heavy atom. The molecule has 0 spiro atoms. The number of anilines is 1. The van der Waals surface area contributed by atoms with Crippen molar-refractivity contribution < 1.29 is 28.6 Å². The van der Waals surface area contributed by atoms with Crippen LogP contribution in [0.3, 0.4) is 0 Å². The minimum Gasteiger partial charge on any atom is -0.493 e. The van der Waals surface area contributed by atoms with Crippen LogP contribution in [0.5, 0.6) is 17.2 Å². The highest BCUT2D eigenvalue weighted by Crippen LogP contribution is 2.39. The first-order valence-corrected chi connectivity index (χ1v) is 14.2. The second kappa shape index (κ2) is 12.5. The Kier molecular flexibility index (Phi) is 8.66. The van der Waals surface area contributed by atoms with E-state index >= 15 is 0 Å². The molecule has 2 aliphatic rings. The van der Waals surface area contributed by atoms with Crippen LogP contribution >= 0.6 is 0 Å². The smallest absolute Gasteiger partial charge is 0.295 e. The second-order valence-electron chi connectivity index (χ2n) is 10.6. The van der Waals surface area contributed by atoms with E-state index < -0.39 is 17.7 Å². The van der Waals surface area contributed by atoms with Gasteiger partial charge in [-0.25, -0.2) is 0 Å². The van der Waals surface area contributed by atoms with Crippen molar-refractivity contribution in [2.75, 3.05) is 59.0 Å². The largest absolute Gasteiger partial charge is 0.493 e. The normalized spacial score (nSPS) is 18.5. The summed E-state index contributed by atoms with van der Waals surface area (Å²) in [5, 5.41) is 0. The van der Waals surface area contributed by atoms with E-state index in [2.05, 4.69) is 24.0 Å². The third kappa shape index (κ3) is 5.51. The highest BCUT2D eigenvalue weighted by Gasteiger charge is 2.46. The van der Waals surface area contributed by atoms with E-state index in [1.54, 1.807) is 0 Å². The molecule has 0 aromatic heterocycles. The molecule has 0 N–H and O–H groups in total. The van der Waals surface area contributed by atoms with Crippen LogP contribution in [0, 0.1) is 6.92 Å². The molecule has 9 heteroatoms. The van der Waals surface area contributed by atoms with E-state index in [9.17, 15) is 14.4 Å². The number of carbonyl (C=O) groups is 3. The van der Waals surface area contributed by atoms with Crippen LogP contribution in [0.4, 0.5) is 5.69 Å². The number of piperazine rings is 1. The van der Waals surface area contributed by atoms with Crippen molar-refractivity contribution in [1.29, 1.82) is 0 Å². The lowest BCUT2D eigenvalue weighted by Crippen LogP contribution is -2.56. The standard InChI is InChI=1S/C33H37N3O6/c1-22-10-8-9-13-26(22)34-16-18-35(19-17-34)32(38)29-25(23-11-6-5-7-12-23)14-15-36(29)33(39)30(37)24-20-27(40-2)31(42-4)28(21-24)41-3/h5-13,20-21,25,29H,14-19H2,1-4H3. The summed E-state index contributed by atoms with van der Waals surface area (Å²) in [6.45, 7) is 4.84. The van der Waals surface area contributed by atoms with Crippen molar-refractivity contribution in [3.8, 4) is 17.2 Å². The zero-order valence-electron chi connectivity index (χ0n) is 24.5. The van der Waals surface area contributed by atoms with Gasteiger partial charge in [0.1, 0.15) is 6.04 Å². The van der Waals surface area contributed by atoms with Crippen molar-refractivity contribution in [2.45, 2.75) is 25.3 Å². The summed E-state index contributed by atoms with van der Waals surface area (Å²) >= 11 is 0. The predicted octanol–water partition coefficient (Wildman–Crippen LogP) is 3.94. The first-order chi connectivity index (χ1) is 20.4. The van der Waals surface area contributed by atoms with Gasteiger partial charge in [-0.1, -0.05) is 48.5 Å². The number of rotatable bonds is 8. The van der Waals surface area contributed by atoms with Gasteiger partial charge >= 0.3 is 0 Å². The van der Waals surface area contributed by atoms with Crippen LogP contribution in [0.2, 0.25) is 0 Å². The van der Waals surface area contributed by atoms with Crippen LogP contribution in [0.25, 0.3) is 0 Å². The number of likely N-dealkylation sites (tertiary alicyclic amines) is 1. The summed E-state index contributed by atoms with van der Waals surface area (Å²) in [6.07, 6.45) is 0.581. The molecule has 42 heavy (non-hydrogen) atoms. The Morgan fingerprint density at radius 2 is 1.38 bits per heavy atom. The number of hydrogen-bond donors (Lipinski definition) is 0. The van der Waals surface area contributed by atoms with Crippen LogP contribution in [-0.4, -0.2) is 87.5 Å². The number of ketones is 1. The molecule has 5 rings (SSSR count). The molecule has 2 aliphatic heterocycles. The van der Waals surface area contributed by atoms with Gasteiger partial charge in [-0.15, -0.1) is 0 Å². The number of Topliss-reactive ketones (excluding diaryl/α,β-unsaturated/α-hetero) is 1. The average molecular weight is 572 g/mol. The van der Waals surface area contributed by atoms with Crippen LogP contribution < -0.4 is 19.1 Å². The monoisotopic (exact) mass is 571 g/mol. The molecule has 0 radical (unpaired) electrons. The summed E-state index contributed by atoms with van der Waals surface area (Å²) in [7, 11) is 4.37. The fourth-order valence-electron chi connectivity index (χ4n) is 6.11. The van der Waals surface area contributed by atoms with Crippen LogP contribution in [0.1, 0.15) is 33.8 Å². The molecule has 2 saturated heterocycles. The highest BCUT2D eigenvalue weighted by atomic mass is 16.5. The zero-order chi connectivity index (χ0) is 29.8. The highest BCUT2D eigenvalue weighted by molar-refractivity contribution is 6.43. The molecule has 0 aliphatic carbocycles. The predicted molar refractivity (Wildman–Crippen MR) is 160 cm³/mol. The Morgan fingerprint density at radius 3 is 1.98 bits per heavy atom. The van der Waals surface area contributed by atoms with Gasteiger partial charge in [0, 0.05) is 49.9 Å². The zero-order valence-corrected chi connectivity index (χ0v) is 24.5. The summed E-state index contributed by atoms with van der Waals surface area (Å²) in [5.41, 5.74) is 3.44. The topological polar surface area (TPSA) is 88.6 Å². The molecular formula is C33H37N3O6. The van der Waals surface area contributed by atoms with Gasteiger partial charge in [0.05, 0.1) is 21.3 Å². The Balaban J connectivity index is 1.41. The Labute approximate surface area is 246 Å². The number of benzene rings is 3. The van der Waals surface area contributed by atoms with Gasteiger partial charge in [-0.2, -0.15) is 0 Å². The van der Waals surface area contributed by atoms with Crippen molar-refractivity contribution in [3.05, 3.63) is 83.4 Å². The molecule has 9 nitrogen and oxygen atoms in total. The SMILES string of the molecule is COc1cc(C(=O)C(=O)N2CCC(c3ccccc3)C2C(=O)N2CCN(c3ccccc3C)CC2)cc(OC)c1OC. The number of methoxy groups -OCH3 is 3. The summed E-state index contributed by atoms with van der Waals surface area (Å²) in [4.78, 5) is 47.2. The maximum Gasteiger partial charge on any atom is 0.295 e. The number of aryl methyl sites for hydroxylation is 1. The molecule has 220 valence electrons. The number of ether oxygens (including phenoxy) is 3. The van der Waals surface area contributed by atoms with Crippen LogP contribution in [0.15, 0.2) is 66.7 Å². The minimum atomic E-state index is -0.782. The van der Waals surface area contributed by atoms with Crippen LogP contribution in [-0.2, 0) is 9.59 Å². The fourth-order valence-corrected chi connectivity index (χ4v) is 6.11. The van der Waals surface area contributed by atoms with Crippen molar-refractivity contribution >= 4 is 23.3 Å². The molecule has 2 amide bonds. The first kappa shape index (κ1) is 29.0. The van der Waals surface area contributed by atoms with Gasteiger partial charge in [0.2, 0.25) is 11.7 Å². The lowest BCUT2D eigenvalue weighted by atomic mass is 9.90. The van der Waals surface area contributed by atoms with Gasteiger partial charge in [0.15, 0.2) is 11.5 Å². The molecule has 3 aromatic carbocycles. The van der Waals surface area contributed by atoms with Gasteiger partial charge in [-0.3, -0.25) is 14.4 Å². The van der Waals surface area contributed by atoms with Gasteiger partial charge in [-0.05, 0) is 42.7 Å². The molecule has 2 unspecified atom stereocenters. The van der Waals surface area contributed by atoms with Crippen molar-refractivity contribution in [3.63, 3.8) is 0 Å². The number of carbonyl (C=O) groups excluding carboxylic acids is 3. The third-order valence-electron chi connectivity index (χ3n) is 8.31. The Hall–Kier alpha value is -4.53. The molecule has 2 fully saturated rings. The van der Waals surface area contributed by atoms with E-state index in [0.717, 1.165) is 5.56 Å². The number of para-hydroxylation sites is 1. The maximum absolute atomic E-state index is 14.2. The molecule has 0 saturated carbocycles. The summed E-state index contributed by atoms with van der Waals surface area (Å²) < 4.78 is 16.1. The quantitative estimate of drug-likeness (QED) is 0.299. The summed E-state index contributed by atoms with van der Waals surface area (Å²) in [5.74, 6) is -0.926. The van der Waals surface area contributed by atoms with Crippen molar-refractivity contribution in [1.82, 2.24) is 9.80 Å². The Bertz CT molecular complexity index is 1430. The van der Waals surface area contributed by atoms with E-state index in [-0.39, 0.29) is 28.9 Å². The summed E-state index contributed by atoms with van der Waals surface area (Å²) in [6, 6.07) is 20.1. The van der Waals surface area contributed by atoms with E-state index in [1.807, 2.05) is 47.4 Å². The molecule has 2 heterocycles. The number of hydrogen-bond acceptors (Lipinski definition) is 7. The van der Waals surface area contributed by atoms with E-state index in [0.29, 0.717) is 44.9 Å². The average Bonchev–Trinajstić information content (AvgIpc) is 3.49. The van der Waals surface area contributed by atoms with Gasteiger partial charge in [0.25, 0.3) is 11.7 Å². The lowest BCUT2D eigenvalue weighted by molar-refractivity contribution is -0.142.